The second kappa shape index (κ2) is 29.2. The number of phenols is 3. The number of likely N-dealkylation sites (tertiary alicyclic amines) is 2. The van der Waals surface area contributed by atoms with E-state index in [-0.39, 0.29) is 68.9 Å². The quantitative estimate of drug-likeness (QED) is 0.0432. The predicted molar refractivity (Wildman–Crippen MR) is 287 cm³/mol. The minimum atomic E-state index is -1.90. The Hall–Kier alpha value is -9.30. The van der Waals surface area contributed by atoms with Gasteiger partial charge in [0.2, 0.25) is 53.2 Å². The molecule has 0 unspecified atom stereocenters. The summed E-state index contributed by atoms with van der Waals surface area (Å²) >= 11 is 0. The van der Waals surface area contributed by atoms with Gasteiger partial charge in [0.1, 0.15) is 71.6 Å². The second-order valence-corrected chi connectivity index (χ2v) is 20.5. The highest BCUT2D eigenvalue weighted by molar-refractivity contribution is 6.00. The molecule has 13 N–H and O–H groups in total. The molecule has 5 rings (SSSR count). The van der Waals surface area contributed by atoms with Gasteiger partial charge in [0.15, 0.2) is 0 Å². The maximum absolute atomic E-state index is 14.4. The molecule has 0 spiro atoms. The van der Waals surface area contributed by atoms with Gasteiger partial charge in [-0.15, -0.1) is 0 Å². The fraction of sp³-hybridized carbons (Fsp3) is 0.455. The summed E-state index contributed by atoms with van der Waals surface area (Å²) in [6.07, 6.45) is -1.89. The zero-order valence-electron chi connectivity index (χ0n) is 45.5. The van der Waals surface area contributed by atoms with Crippen molar-refractivity contribution in [3.05, 3.63) is 89.5 Å². The second-order valence-electron chi connectivity index (χ2n) is 20.5. The van der Waals surface area contributed by atoms with E-state index in [0.717, 1.165) is 4.90 Å². The first kappa shape index (κ1) is 63.5. The smallest absolute Gasteiger partial charge is 0.325 e. The van der Waals surface area contributed by atoms with Crippen molar-refractivity contribution in [1.29, 1.82) is 0 Å². The third-order valence-corrected chi connectivity index (χ3v) is 13.7. The molecule has 3 aromatic rings. The number of carbonyl (C=O) groups is 12. The summed E-state index contributed by atoms with van der Waals surface area (Å²) in [7, 11) is 0. The number of amides is 9. The number of hydrogen-bond acceptors (Lipinski definition) is 15. The van der Waals surface area contributed by atoms with Crippen LogP contribution in [0.15, 0.2) is 72.8 Å². The van der Waals surface area contributed by atoms with Crippen molar-refractivity contribution in [2.24, 2.45) is 5.92 Å². The number of hydrogen-bond donors (Lipinski definition) is 13. The Morgan fingerprint density at radius 3 is 1.23 bits per heavy atom. The first-order valence-corrected chi connectivity index (χ1v) is 26.4. The zero-order valence-corrected chi connectivity index (χ0v) is 45.5. The Morgan fingerprint density at radius 2 is 0.817 bits per heavy atom. The van der Waals surface area contributed by atoms with Crippen LogP contribution in [0.4, 0.5) is 0 Å². The van der Waals surface area contributed by atoms with E-state index in [9.17, 15) is 88.2 Å². The van der Waals surface area contributed by atoms with Gasteiger partial charge in [-0.1, -0.05) is 50.2 Å². The standard InChI is InChI=1S/C55H69N9O18/c1-28(2)46(54(80)64-22-6-8-43(64)52(78)61-39(26-44(69)70)49(75)58-37(47(73)56-29(3)55(81)82)23-31-9-15-34(66)16-10-31)62-50(76)40(27-45(71)72)59-48(74)38(24-32-11-17-35(67)18-12-32)60-51(77)42-7-5-21-63(42)53(79)41(57-30(4)65)25-33-13-19-36(68)20-14-33/h9-20,28-29,37-43,46,66-68H,5-8,21-27H2,1-4H3,(H,56,73)(H,57,65)(H,58,75)(H,59,74)(H,60,77)(H,61,78)(H,62,76)(H,69,70)(H,71,72)(H,81,82)/t29-,37-,38-,39-,40-,41-,42-,43-,46-/m0/s1. The van der Waals surface area contributed by atoms with Crippen LogP contribution in [0.3, 0.4) is 0 Å². The van der Waals surface area contributed by atoms with Crippen LogP contribution in [0.25, 0.3) is 0 Å². The van der Waals surface area contributed by atoms with E-state index < -0.39 is 144 Å². The van der Waals surface area contributed by atoms with Gasteiger partial charge in [-0.3, -0.25) is 57.5 Å². The first-order valence-electron chi connectivity index (χ1n) is 26.4. The van der Waals surface area contributed by atoms with Gasteiger partial charge >= 0.3 is 17.9 Å². The number of benzene rings is 3. The van der Waals surface area contributed by atoms with Crippen LogP contribution in [0.2, 0.25) is 0 Å². The summed E-state index contributed by atoms with van der Waals surface area (Å²) in [5.74, 6) is -13.7. The Kier molecular flexibility index (Phi) is 22.7. The lowest BCUT2D eigenvalue weighted by atomic mass is 10.0. The van der Waals surface area contributed by atoms with Crippen molar-refractivity contribution in [2.45, 2.75) is 140 Å². The van der Waals surface area contributed by atoms with Crippen LogP contribution in [0.1, 0.15) is 82.9 Å². The van der Waals surface area contributed by atoms with E-state index in [1.807, 2.05) is 0 Å². The van der Waals surface area contributed by atoms with E-state index in [1.165, 1.54) is 93.3 Å². The van der Waals surface area contributed by atoms with Gasteiger partial charge in [-0.25, -0.2) is 0 Å². The molecule has 27 nitrogen and oxygen atoms in total. The number of carboxylic acid groups (broad SMARTS) is 3. The molecule has 9 amide bonds. The molecule has 3 aromatic carbocycles. The highest BCUT2D eigenvalue weighted by Gasteiger charge is 2.43. The minimum absolute atomic E-state index is 0.00398. The highest BCUT2D eigenvalue weighted by atomic mass is 16.4. The van der Waals surface area contributed by atoms with Crippen LogP contribution >= 0.6 is 0 Å². The lowest BCUT2D eigenvalue weighted by molar-refractivity contribution is -0.145. The molecule has 82 heavy (non-hydrogen) atoms. The zero-order chi connectivity index (χ0) is 60.5. The molecule has 0 aromatic heterocycles. The molecular formula is C55H69N9O18. The van der Waals surface area contributed by atoms with Crippen molar-refractivity contribution >= 4 is 71.1 Å². The van der Waals surface area contributed by atoms with Gasteiger partial charge in [0.25, 0.3) is 0 Å². The fourth-order valence-electron chi connectivity index (χ4n) is 9.44. The van der Waals surface area contributed by atoms with Crippen molar-refractivity contribution in [1.82, 2.24) is 47.0 Å². The van der Waals surface area contributed by atoms with Crippen LogP contribution in [0.5, 0.6) is 17.2 Å². The number of nitrogens with zero attached hydrogens (tertiary/aromatic N) is 2. The van der Waals surface area contributed by atoms with E-state index in [4.69, 9.17) is 0 Å². The molecule has 0 bridgehead atoms. The third kappa shape index (κ3) is 18.4. The van der Waals surface area contributed by atoms with Gasteiger partial charge in [0.05, 0.1) is 12.8 Å². The molecule has 2 aliphatic rings. The lowest BCUT2D eigenvalue weighted by Crippen LogP contribution is -2.61. The normalized spacial score (nSPS) is 17.3. The van der Waals surface area contributed by atoms with Crippen molar-refractivity contribution < 1.29 is 88.2 Å². The number of aliphatic carboxylic acids is 3. The molecule has 442 valence electrons. The number of rotatable bonds is 27. The van der Waals surface area contributed by atoms with E-state index in [1.54, 1.807) is 12.1 Å². The summed E-state index contributed by atoms with van der Waals surface area (Å²) in [5.41, 5.74) is 1.38. The van der Waals surface area contributed by atoms with Crippen molar-refractivity contribution in [3.8, 4) is 17.2 Å². The largest absolute Gasteiger partial charge is 0.508 e. The average Bonchev–Trinajstić information content (AvgIpc) is 4.27. The molecule has 2 heterocycles. The summed E-state index contributed by atoms with van der Waals surface area (Å²) < 4.78 is 0. The van der Waals surface area contributed by atoms with Crippen LogP contribution < -0.4 is 37.2 Å². The third-order valence-electron chi connectivity index (χ3n) is 13.7. The van der Waals surface area contributed by atoms with Crippen molar-refractivity contribution in [3.63, 3.8) is 0 Å². The monoisotopic (exact) mass is 1140 g/mol. The number of carbonyl (C=O) groups excluding carboxylic acids is 9. The fourth-order valence-corrected chi connectivity index (χ4v) is 9.44. The maximum atomic E-state index is 14.4. The van der Waals surface area contributed by atoms with Gasteiger partial charge in [-0.2, -0.15) is 0 Å². The number of phenolic OH excluding ortho intramolecular Hbond substituents is 3. The van der Waals surface area contributed by atoms with E-state index in [2.05, 4.69) is 37.2 Å². The number of carboxylic acids is 3. The maximum Gasteiger partial charge on any atom is 0.325 e. The van der Waals surface area contributed by atoms with Gasteiger partial charge in [-0.05, 0) is 91.6 Å². The Morgan fingerprint density at radius 1 is 0.463 bits per heavy atom. The van der Waals surface area contributed by atoms with Crippen LogP contribution in [0, 0.1) is 5.92 Å². The molecule has 2 saturated heterocycles. The minimum Gasteiger partial charge on any atom is -0.508 e. The molecule has 0 radical (unpaired) electrons. The summed E-state index contributed by atoms with van der Waals surface area (Å²) in [6, 6.07) is 3.54. The summed E-state index contributed by atoms with van der Waals surface area (Å²) in [4.78, 5) is 163. The summed E-state index contributed by atoms with van der Waals surface area (Å²) in [6.45, 7) is 5.46. The van der Waals surface area contributed by atoms with E-state index >= 15 is 0 Å². The average molecular weight is 1140 g/mol. The molecule has 0 saturated carbocycles. The first-order chi connectivity index (χ1) is 38.7. The van der Waals surface area contributed by atoms with Crippen LogP contribution in [-0.2, 0) is 76.8 Å². The topological polar surface area (TPSA) is 417 Å². The Balaban J connectivity index is 1.32. The van der Waals surface area contributed by atoms with E-state index in [0.29, 0.717) is 23.1 Å². The Bertz CT molecular complexity index is 2850. The predicted octanol–water partition coefficient (Wildman–Crippen LogP) is -1.06. The highest BCUT2D eigenvalue weighted by Crippen LogP contribution is 2.24. The number of aromatic hydroxyl groups is 3. The van der Waals surface area contributed by atoms with Crippen molar-refractivity contribution in [2.75, 3.05) is 13.1 Å². The molecule has 27 heteroatoms. The van der Waals surface area contributed by atoms with Crippen LogP contribution in [-0.4, -0.2) is 179 Å². The summed E-state index contributed by atoms with van der Waals surface area (Å²) in [5, 5.41) is 75.7. The molecule has 0 aliphatic carbocycles. The Labute approximate surface area is 470 Å². The molecule has 2 fully saturated rings. The van der Waals surface area contributed by atoms with Gasteiger partial charge in [0, 0.05) is 39.3 Å². The van der Waals surface area contributed by atoms with Gasteiger partial charge < -0.3 is 77.7 Å². The lowest BCUT2D eigenvalue weighted by Gasteiger charge is -2.32. The number of nitrogens with one attached hydrogen (secondary N) is 7. The molecule has 2 aliphatic heterocycles. The SMILES string of the molecule is CC(=O)N[C@@H](Cc1ccc(O)cc1)C(=O)N1CCC[C@H]1C(=O)N[C@@H](Cc1ccc(O)cc1)C(=O)N[C@@H](CC(=O)O)C(=O)N[C@H](C(=O)N1CCC[C@H]1C(=O)N[C@@H](CC(=O)O)C(=O)N[C@@H](Cc1ccc(O)cc1)C(=O)N[C@@H](C)C(=O)O)C(C)C. The molecule has 9 atom stereocenters. The molecular weight excluding hydrogens is 1070 g/mol.